The Labute approximate surface area is 238 Å². The third-order valence-corrected chi connectivity index (χ3v) is 9.90. The molecule has 30 heteroatoms. The van der Waals surface area contributed by atoms with Crippen molar-refractivity contribution in [1.29, 1.82) is 0 Å². The molecule has 0 N–H and O–H groups in total. The Kier molecular flexibility index (Phi) is 6.22. The fourth-order valence-corrected chi connectivity index (χ4v) is 9.83. The average molecular weight is 786 g/mol. The maximum absolute atomic E-state index is 15.0. The summed E-state index contributed by atoms with van der Waals surface area (Å²) in [5.41, 5.74) is -52.1. The van der Waals surface area contributed by atoms with E-state index >= 15 is 52.7 Å². The first-order valence-electron chi connectivity index (χ1n) is 10.9. The zero-order valence-corrected chi connectivity index (χ0v) is 20.3. The van der Waals surface area contributed by atoms with E-state index in [1.165, 1.54) is 0 Å². The van der Waals surface area contributed by atoms with E-state index in [2.05, 4.69) is 0 Å². The van der Waals surface area contributed by atoms with Crippen LogP contribution in [0.3, 0.4) is 0 Å². The van der Waals surface area contributed by atoms with Crippen molar-refractivity contribution in [2.75, 3.05) is 0 Å². The van der Waals surface area contributed by atoms with Gasteiger partial charge in [-0.15, -0.1) is 0 Å². The van der Waals surface area contributed by atoms with E-state index in [0.29, 0.717) is 0 Å². The van der Waals surface area contributed by atoms with Crippen molar-refractivity contribution in [2.24, 2.45) is 32.5 Å². The molecule has 5 rings (SSSR count). The smallest absolute Gasteiger partial charge is 0.196 e. The predicted molar refractivity (Wildman–Crippen MR) is 80.6 cm³/mol. The molecule has 0 atom stereocenters. The highest BCUT2D eigenvalue weighted by atomic mass is 19.5. The van der Waals surface area contributed by atoms with Crippen LogP contribution < -0.4 is 0 Å². The highest BCUT2D eigenvalue weighted by Crippen LogP contribution is 3.41. The van der Waals surface area contributed by atoms with E-state index in [-0.39, 0.29) is 0 Å². The van der Waals surface area contributed by atoms with Crippen molar-refractivity contribution in [3.8, 4) is 0 Å². The Bertz CT molecular complexity index is 1090. The molecule has 0 spiro atoms. The lowest BCUT2D eigenvalue weighted by molar-refractivity contribution is -0.456. The molecule has 0 bridgehead atoms. The second-order valence-corrected chi connectivity index (χ2v) is 10.9. The molecule has 5 saturated carbocycles. The summed E-state index contributed by atoms with van der Waals surface area (Å²) < 4.78 is 423. The van der Waals surface area contributed by atoms with Crippen molar-refractivity contribution in [1.82, 2.24) is 0 Å². The lowest BCUT2D eigenvalue weighted by Crippen LogP contribution is -2.76. The summed E-state index contributed by atoms with van der Waals surface area (Å²) in [6.45, 7) is 0. The highest BCUT2D eigenvalue weighted by molar-refractivity contribution is 5.88. The lowest BCUT2D eigenvalue weighted by Gasteiger charge is -2.57. The third kappa shape index (κ3) is 2.42. The van der Waals surface area contributed by atoms with Gasteiger partial charge in [0.1, 0.15) is 0 Å². The van der Waals surface area contributed by atoms with Gasteiger partial charge in [-0.1, -0.05) is 0 Å². The Balaban J connectivity index is 2.60. The largest absolute Gasteiger partial charge is 0.453 e. The molecule has 0 unspecified atom stereocenters. The maximum Gasteiger partial charge on any atom is 0.453 e. The quantitative estimate of drug-likeness (QED) is 0.235. The first kappa shape index (κ1) is 38.7. The van der Waals surface area contributed by atoms with Gasteiger partial charge in [-0.05, 0) is 0 Å². The Hall–Kier alpha value is -2.10. The molecule has 282 valence electrons. The average Bonchev–Trinajstić information content (AvgIpc) is 3.30. The van der Waals surface area contributed by atoms with Gasteiger partial charge in [0.2, 0.25) is 0 Å². The van der Waals surface area contributed by atoms with Crippen molar-refractivity contribution < 1.29 is 132 Å². The van der Waals surface area contributed by atoms with Gasteiger partial charge in [-0.3, -0.25) is 0 Å². The van der Waals surface area contributed by atoms with Crippen LogP contribution in [0, 0.1) is 32.5 Å². The molecular weight excluding hydrogens is 786 g/mol. The fraction of sp³-hybridized carbons (Fsp3) is 1.00. The van der Waals surface area contributed by atoms with Crippen LogP contribution in [0.1, 0.15) is 0 Å². The maximum atomic E-state index is 15.0. The van der Waals surface area contributed by atoms with E-state index in [9.17, 15) is 79.0 Å². The number of rotatable bonds is 6. The van der Waals surface area contributed by atoms with Crippen molar-refractivity contribution in [2.45, 2.75) is 72.6 Å². The number of hydrogen-bond acceptors (Lipinski definition) is 0. The first-order chi connectivity index (χ1) is 20.2. The molecule has 0 heterocycles. The standard InChI is InChI=1S/C18F30/c19-7(20,13(31,32)33)1-2(8(21,22)14(34,35)36)3(1,9(23,24)15(37,38)39)6(12(29,30)18(46,47)48)4(1,10(25,26)16(40,41)42)5(2,6)11(27,28)17(43,44)45. The second kappa shape index (κ2) is 7.72. The Morgan fingerprint density at radius 2 is 0.208 bits per heavy atom. The van der Waals surface area contributed by atoms with Gasteiger partial charge in [0.15, 0.2) is 0 Å². The topological polar surface area (TPSA) is 0 Å². The van der Waals surface area contributed by atoms with Crippen molar-refractivity contribution in [3.63, 3.8) is 0 Å². The molecule has 5 aliphatic carbocycles. The predicted octanol–water partition coefficient (Wildman–Crippen LogP) is 10.1. The Morgan fingerprint density at radius 3 is 0.250 bits per heavy atom. The van der Waals surface area contributed by atoms with E-state index in [4.69, 9.17) is 0 Å². The van der Waals surface area contributed by atoms with Crippen molar-refractivity contribution in [3.05, 3.63) is 0 Å². The molecular formula is C18F30. The van der Waals surface area contributed by atoms with Crippen LogP contribution >= 0.6 is 0 Å². The van der Waals surface area contributed by atoms with E-state index in [1.54, 1.807) is 0 Å². The van der Waals surface area contributed by atoms with Gasteiger partial charge >= 0.3 is 72.6 Å². The fourth-order valence-electron chi connectivity index (χ4n) is 9.83. The minimum Gasteiger partial charge on any atom is -0.196 e. The minimum atomic E-state index is -9.26. The van der Waals surface area contributed by atoms with Crippen LogP contribution in [0.4, 0.5) is 132 Å². The molecule has 0 aromatic rings. The first-order valence-corrected chi connectivity index (χ1v) is 10.9. The highest BCUT2D eigenvalue weighted by Gasteiger charge is 3.55. The molecule has 0 aromatic heterocycles. The van der Waals surface area contributed by atoms with E-state index < -0.39 is 105 Å². The van der Waals surface area contributed by atoms with E-state index in [1.807, 2.05) is 0 Å². The number of hydrogen-bond donors (Lipinski definition) is 0. The summed E-state index contributed by atoms with van der Waals surface area (Å²) >= 11 is 0. The van der Waals surface area contributed by atoms with Gasteiger partial charge in [0.25, 0.3) is 0 Å². The molecule has 0 amide bonds. The van der Waals surface area contributed by atoms with Crippen LogP contribution in [-0.4, -0.2) is 72.6 Å². The molecule has 0 aromatic carbocycles. The Morgan fingerprint density at radius 1 is 0.146 bits per heavy atom. The molecule has 0 nitrogen and oxygen atoms in total. The zero-order valence-electron chi connectivity index (χ0n) is 20.3. The van der Waals surface area contributed by atoms with Gasteiger partial charge in [-0.25, -0.2) is 0 Å². The van der Waals surface area contributed by atoms with Crippen LogP contribution in [0.15, 0.2) is 0 Å². The minimum absolute atomic E-state index is 8.68. The summed E-state index contributed by atoms with van der Waals surface area (Å²) in [6.07, 6.45) is -53.2. The summed E-state index contributed by atoms with van der Waals surface area (Å²) in [4.78, 5) is 0. The third-order valence-electron chi connectivity index (χ3n) is 9.90. The summed E-state index contributed by atoms with van der Waals surface area (Å²) in [6, 6.07) is 0. The molecule has 48 heavy (non-hydrogen) atoms. The monoisotopic (exact) mass is 786 g/mol. The van der Waals surface area contributed by atoms with Crippen LogP contribution in [-0.2, 0) is 0 Å². The molecule has 5 fully saturated rings. The van der Waals surface area contributed by atoms with Gasteiger partial charge < -0.3 is 0 Å². The van der Waals surface area contributed by atoms with Gasteiger partial charge in [-0.2, -0.15) is 132 Å². The molecule has 5 aliphatic rings. The number of halogens is 30. The van der Waals surface area contributed by atoms with Crippen LogP contribution in [0.25, 0.3) is 0 Å². The van der Waals surface area contributed by atoms with Gasteiger partial charge in [0, 0.05) is 0 Å². The zero-order chi connectivity index (χ0) is 39.0. The lowest BCUT2D eigenvalue weighted by atomic mass is 9.48. The molecule has 0 aliphatic heterocycles. The normalized spacial score (nSPS) is 37.9. The molecule has 0 radical (unpaired) electrons. The van der Waals surface area contributed by atoms with Gasteiger partial charge in [0.05, 0.1) is 32.5 Å². The van der Waals surface area contributed by atoms with E-state index in [0.717, 1.165) is 0 Å². The van der Waals surface area contributed by atoms with Crippen LogP contribution in [0.2, 0.25) is 0 Å². The second-order valence-electron chi connectivity index (χ2n) is 10.9. The van der Waals surface area contributed by atoms with Crippen molar-refractivity contribution >= 4 is 0 Å². The summed E-state index contributed by atoms with van der Waals surface area (Å²) in [7, 11) is 0. The van der Waals surface area contributed by atoms with Crippen LogP contribution in [0.5, 0.6) is 0 Å². The summed E-state index contributed by atoms with van der Waals surface area (Å²) in [5.74, 6) is -55.6. The SMILES string of the molecule is FC(F)(F)C(F)(F)C12C3(C(F)(F)C(F)(F)F)C1(C(F)(F)C(F)(F)F)C1(C(F)(F)C(F)(F)F)C2(C(F)(F)C(F)(F)F)C31C(F)(F)C(F)(F)F. The summed E-state index contributed by atoms with van der Waals surface area (Å²) in [5, 5.41) is 0. The molecule has 0 saturated heterocycles. The number of alkyl halides is 30.